The van der Waals surface area contributed by atoms with Gasteiger partial charge in [-0.15, -0.1) is 0 Å². The molecule has 0 radical (unpaired) electrons. The molecule has 0 fully saturated rings. The summed E-state index contributed by atoms with van der Waals surface area (Å²) in [5, 5.41) is 27.4. The molecule has 2 amide bonds. The van der Waals surface area contributed by atoms with Crippen LogP contribution in [0.15, 0.2) is 77.5 Å². The maximum absolute atomic E-state index is 12.9. The third-order valence-corrected chi connectivity index (χ3v) is 4.83. The van der Waals surface area contributed by atoms with Crippen LogP contribution < -0.4 is 20.2 Å². The maximum Gasteiger partial charge on any atom is 0.315 e. The van der Waals surface area contributed by atoms with Crippen molar-refractivity contribution < 1.29 is 29.1 Å². The number of carbonyl (C=O) groups excluding carboxylic acids is 2. The number of hydrogen-bond acceptors (Lipinski definition) is 8. The minimum atomic E-state index is -0.775. The normalized spacial score (nSPS) is 11.1. The topological polar surface area (TPSA) is 152 Å². The maximum atomic E-state index is 12.9. The zero-order valence-corrected chi connectivity index (χ0v) is 19.3. The summed E-state index contributed by atoms with van der Waals surface area (Å²) in [6.07, 6.45) is 2.59. The highest BCUT2D eigenvalue weighted by Crippen LogP contribution is 2.36. The number of rotatable bonds is 9. The van der Waals surface area contributed by atoms with Crippen LogP contribution in [0.5, 0.6) is 17.2 Å². The first-order valence-corrected chi connectivity index (χ1v) is 10.4. The molecule has 184 valence electrons. The number of nitro benzene ring substituents is 1. The van der Waals surface area contributed by atoms with E-state index in [2.05, 4.69) is 15.8 Å². The van der Waals surface area contributed by atoms with E-state index in [4.69, 9.17) is 9.47 Å². The molecule has 0 aliphatic heterocycles. The summed E-state index contributed by atoms with van der Waals surface area (Å²) in [6, 6.07) is 17.5. The summed E-state index contributed by atoms with van der Waals surface area (Å²) in [4.78, 5) is 35.9. The Labute approximate surface area is 205 Å². The van der Waals surface area contributed by atoms with Crippen LogP contribution in [0.4, 0.5) is 5.69 Å². The first kappa shape index (κ1) is 25.4. The molecule has 0 aromatic heterocycles. The van der Waals surface area contributed by atoms with Gasteiger partial charge in [-0.05, 0) is 42.0 Å². The number of ether oxygens (including phenoxy) is 2. The van der Waals surface area contributed by atoms with Crippen LogP contribution in [-0.4, -0.2) is 42.3 Å². The Morgan fingerprint density at radius 3 is 2.31 bits per heavy atom. The van der Waals surface area contributed by atoms with Crippen molar-refractivity contribution in [3.05, 3.63) is 99.2 Å². The van der Waals surface area contributed by atoms with E-state index in [1.807, 2.05) is 0 Å². The number of aromatic hydroxyl groups is 1. The van der Waals surface area contributed by atoms with E-state index in [1.165, 1.54) is 26.4 Å². The number of phenols is 1. The van der Waals surface area contributed by atoms with Gasteiger partial charge >= 0.3 is 5.69 Å². The van der Waals surface area contributed by atoms with E-state index in [0.717, 1.165) is 12.3 Å². The van der Waals surface area contributed by atoms with Gasteiger partial charge in [-0.3, -0.25) is 19.7 Å². The third kappa shape index (κ3) is 6.44. The van der Waals surface area contributed by atoms with Crippen LogP contribution in [0.25, 0.3) is 6.08 Å². The molecule has 36 heavy (non-hydrogen) atoms. The number of carbonyl (C=O) groups is 2. The van der Waals surface area contributed by atoms with Crippen molar-refractivity contribution in [3.8, 4) is 17.2 Å². The first-order valence-electron chi connectivity index (χ1n) is 10.4. The monoisotopic (exact) mass is 490 g/mol. The van der Waals surface area contributed by atoms with E-state index in [1.54, 1.807) is 54.6 Å². The molecule has 3 aromatic rings. The quantitative estimate of drug-likeness (QED) is 0.180. The van der Waals surface area contributed by atoms with Gasteiger partial charge in [0.1, 0.15) is 11.4 Å². The smallest absolute Gasteiger partial charge is 0.315 e. The number of methoxy groups -OCH3 is 2. The summed E-state index contributed by atoms with van der Waals surface area (Å²) in [6.45, 7) is 0. The molecule has 11 nitrogen and oxygen atoms in total. The molecule has 11 heteroatoms. The van der Waals surface area contributed by atoms with Gasteiger partial charge in [-0.1, -0.05) is 30.3 Å². The van der Waals surface area contributed by atoms with Crippen molar-refractivity contribution in [2.75, 3.05) is 14.2 Å². The van der Waals surface area contributed by atoms with E-state index >= 15 is 0 Å². The zero-order chi connectivity index (χ0) is 26.1. The predicted octanol–water partition coefficient (Wildman–Crippen LogP) is 3.24. The standard InChI is InChI=1S/C25H22N4O7/c1-35-19-10-8-16(9-11-19)12-20(27-24(31)18-6-4-3-5-7-18)25(32)28-26-15-17-13-21(29(33)34)23(30)22(14-17)36-2/h3-15,30H,1-2H3,(H,27,31)(H,28,32). The fourth-order valence-electron chi connectivity index (χ4n) is 3.02. The van der Waals surface area contributed by atoms with Gasteiger partial charge in [0.2, 0.25) is 5.75 Å². The molecule has 3 aromatic carbocycles. The van der Waals surface area contributed by atoms with Crippen molar-refractivity contribution in [3.63, 3.8) is 0 Å². The molecule has 3 N–H and O–H groups in total. The summed E-state index contributed by atoms with van der Waals surface area (Å²) >= 11 is 0. The van der Waals surface area contributed by atoms with E-state index in [0.29, 0.717) is 16.9 Å². The molecule has 0 bridgehead atoms. The van der Waals surface area contributed by atoms with Gasteiger partial charge in [-0.2, -0.15) is 5.10 Å². The average molecular weight is 490 g/mol. The summed E-state index contributed by atoms with van der Waals surface area (Å²) in [5.74, 6) is -1.39. The lowest BCUT2D eigenvalue weighted by Gasteiger charge is -2.09. The molecule has 0 saturated heterocycles. The predicted molar refractivity (Wildman–Crippen MR) is 132 cm³/mol. The number of benzene rings is 3. The van der Waals surface area contributed by atoms with Gasteiger partial charge in [0.25, 0.3) is 11.8 Å². The molecule has 0 spiro atoms. The fraction of sp³-hybridized carbons (Fsp3) is 0.0800. The molecule has 0 heterocycles. The number of hydrogen-bond donors (Lipinski definition) is 3. The zero-order valence-electron chi connectivity index (χ0n) is 19.3. The second-order valence-electron chi connectivity index (χ2n) is 7.20. The van der Waals surface area contributed by atoms with Crippen molar-refractivity contribution in [1.82, 2.24) is 10.7 Å². The minimum Gasteiger partial charge on any atom is -0.500 e. The van der Waals surface area contributed by atoms with Crippen molar-refractivity contribution >= 4 is 29.8 Å². The van der Waals surface area contributed by atoms with Gasteiger partial charge in [-0.25, -0.2) is 5.43 Å². The van der Waals surface area contributed by atoms with Crippen LogP contribution in [0.2, 0.25) is 0 Å². The van der Waals surface area contributed by atoms with Crippen molar-refractivity contribution in [2.45, 2.75) is 0 Å². The lowest BCUT2D eigenvalue weighted by atomic mass is 10.1. The van der Waals surface area contributed by atoms with Gasteiger partial charge < -0.3 is 19.9 Å². The highest BCUT2D eigenvalue weighted by atomic mass is 16.6. The largest absolute Gasteiger partial charge is 0.500 e. The Bertz CT molecular complexity index is 1320. The van der Waals surface area contributed by atoms with Crippen LogP contribution in [-0.2, 0) is 4.79 Å². The van der Waals surface area contributed by atoms with Crippen molar-refractivity contribution in [1.29, 1.82) is 0 Å². The van der Waals surface area contributed by atoms with Crippen molar-refractivity contribution in [2.24, 2.45) is 5.10 Å². The van der Waals surface area contributed by atoms with Gasteiger partial charge in [0.05, 0.1) is 25.4 Å². The Morgan fingerprint density at radius 1 is 1.00 bits per heavy atom. The average Bonchev–Trinajstić information content (AvgIpc) is 2.89. The van der Waals surface area contributed by atoms with E-state index < -0.39 is 28.2 Å². The summed E-state index contributed by atoms with van der Waals surface area (Å²) in [7, 11) is 2.77. The number of nitrogens with zero attached hydrogens (tertiary/aromatic N) is 2. The Morgan fingerprint density at radius 2 is 1.69 bits per heavy atom. The van der Waals surface area contributed by atoms with E-state index in [9.17, 15) is 24.8 Å². The summed E-state index contributed by atoms with van der Waals surface area (Å²) < 4.78 is 10.1. The lowest BCUT2D eigenvalue weighted by molar-refractivity contribution is -0.386. The molecular weight excluding hydrogens is 468 g/mol. The number of nitrogens with one attached hydrogen (secondary N) is 2. The first-order chi connectivity index (χ1) is 17.3. The molecule has 0 atom stereocenters. The Kier molecular flexibility index (Phi) is 8.33. The Balaban J connectivity index is 1.85. The molecule has 0 saturated carbocycles. The molecule has 0 aliphatic rings. The molecular formula is C25H22N4O7. The highest BCUT2D eigenvalue weighted by molar-refractivity contribution is 6.05. The van der Waals surface area contributed by atoms with Crippen LogP contribution in [0.3, 0.4) is 0 Å². The van der Waals surface area contributed by atoms with Gasteiger partial charge in [0, 0.05) is 17.2 Å². The van der Waals surface area contributed by atoms with Crippen LogP contribution in [0, 0.1) is 10.1 Å². The second kappa shape index (κ2) is 11.8. The summed E-state index contributed by atoms with van der Waals surface area (Å²) in [5.41, 5.74) is 2.74. The minimum absolute atomic E-state index is 0.0968. The number of hydrazone groups is 1. The second-order valence-corrected chi connectivity index (χ2v) is 7.20. The van der Waals surface area contributed by atoms with E-state index in [-0.39, 0.29) is 17.0 Å². The van der Waals surface area contributed by atoms with Crippen LogP contribution >= 0.6 is 0 Å². The van der Waals surface area contributed by atoms with Crippen LogP contribution in [0.1, 0.15) is 21.5 Å². The fourth-order valence-corrected chi connectivity index (χ4v) is 3.02. The number of nitro groups is 1. The third-order valence-electron chi connectivity index (χ3n) is 4.83. The Hall–Kier alpha value is -5.19. The molecule has 0 unspecified atom stereocenters. The lowest BCUT2D eigenvalue weighted by Crippen LogP contribution is -2.32. The van der Waals surface area contributed by atoms with Gasteiger partial charge in [0.15, 0.2) is 5.75 Å². The number of amides is 2. The number of phenolic OH excluding ortho intramolecular Hbond substituents is 1. The highest BCUT2D eigenvalue weighted by Gasteiger charge is 2.19. The molecule has 3 rings (SSSR count). The molecule has 0 aliphatic carbocycles. The SMILES string of the molecule is COc1ccc(C=C(NC(=O)c2ccccc2)C(=O)NN=Cc2cc(OC)c(O)c([N+](=O)[O-])c2)cc1.